The highest BCUT2D eigenvalue weighted by molar-refractivity contribution is 5.94. The molecule has 0 bridgehead atoms. The minimum Gasteiger partial charge on any atom is -0.382 e. The van der Waals surface area contributed by atoms with E-state index in [2.05, 4.69) is 69.7 Å². The lowest BCUT2D eigenvalue weighted by molar-refractivity contribution is 0.264. The van der Waals surface area contributed by atoms with Gasteiger partial charge in [0.2, 0.25) is 0 Å². The van der Waals surface area contributed by atoms with Gasteiger partial charge in [0.25, 0.3) is 0 Å². The Labute approximate surface area is 213 Å². The molecule has 0 radical (unpaired) electrons. The summed E-state index contributed by atoms with van der Waals surface area (Å²) in [7, 11) is 2.17. The van der Waals surface area contributed by atoms with Crippen molar-refractivity contribution in [1.82, 2.24) is 14.5 Å². The molecule has 184 valence electrons. The van der Waals surface area contributed by atoms with Crippen molar-refractivity contribution in [2.45, 2.75) is 51.1 Å². The zero-order valence-corrected chi connectivity index (χ0v) is 21.5. The summed E-state index contributed by atoms with van der Waals surface area (Å²) in [5, 5.41) is 27.1. The number of aromatic nitrogens is 2. The van der Waals surface area contributed by atoms with Crippen LogP contribution < -0.4 is 10.6 Å². The molecule has 1 aliphatic heterocycles. The SMILES string of the molecule is CC(C#N)n1c(C#CCNc2ccc(C(C)(C)C#N)nc2)cc2c(NC3CCN(C)CC3)cccc21. The zero-order valence-electron chi connectivity index (χ0n) is 21.5. The van der Waals surface area contributed by atoms with Gasteiger partial charge >= 0.3 is 0 Å². The Bertz CT molecular complexity index is 1350. The molecule has 2 N–H and O–H groups in total. The number of likely N-dealkylation sites (tertiary alicyclic amines) is 1. The first-order valence-electron chi connectivity index (χ1n) is 12.4. The van der Waals surface area contributed by atoms with E-state index in [1.54, 1.807) is 6.20 Å². The summed E-state index contributed by atoms with van der Waals surface area (Å²) >= 11 is 0. The Kier molecular flexibility index (Phi) is 7.49. The predicted molar refractivity (Wildman–Crippen MR) is 145 cm³/mol. The van der Waals surface area contributed by atoms with Gasteiger partial charge in [0, 0.05) is 17.1 Å². The van der Waals surface area contributed by atoms with Crippen LogP contribution in [0.3, 0.4) is 0 Å². The van der Waals surface area contributed by atoms with Crippen molar-refractivity contribution in [2.24, 2.45) is 0 Å². The lowest BCUT2D eigenvalue weighted by Gasteiger charge is -2.30. The molecular formula is C29H33N7. The van der Waals surface area contributed by atoms with E-state index in [4.69, 9.17) is 0 Å². The normalized spacial score (nSPS) is 15.4. The van der Waals surface area contributed by atoms with Crippen LogP contribution in [0.5, 0.6) is 0 Å². The number of nitrogens with zero attached hydrogens (tertiary/aromatic N) is 5. The summed E-state index contributed by atoms with van der Waals surface area (Å²) in [4.78, 5) is 6.78. The minimum absolute atomic E-state index is 0.335. The fourth-order valence-corrected chi connectivity index (χ4v) is 4.53. The molecule has 0 aliphatic carbocycles. The molecule has 3 heterocycles. The van der Waals surface area contributed by atoms with Gasteiger partial charge in [-0.1, -0.05) is 12.0 Å². The zero-order chi connectivity index (χ0) is 25.7. The molecule has 2 aromatic heterocycles. The first kappa shape index (κ1) is 25.1. The Morgan fingerprint density at radius 1 is 1.17 bits per heavy atom. The van der Waals surface area contributed by atoms with Gasteiger partial charge in [-0.25, -0.2) is 0 Å². The highest BCUT2D eigenvalue weighted by Gasteiger charge is 2.21. The average Bonchev–Trinajstić information content (AvgIpc) is 3.27. The third-order valence-electron chi connectivity index (χ3n) is 6.82. The maximum atomic E-state index is 9.68. The van der Waals surface area contributed by atoms with E-state index in [1.807, 2.05) is 43.5 Å². The van der Waals surface area contributed by atoms with E-state index in [9.17, 15) is 10.5 Å². The molecule has 3 aromatic rings. The largest absolute Gasteiger partial charge is 0.382 e. The smallest absolute Gasteiger partial charge is 0.119 e. The molecule has 4 rings (SSSR count). The summed E-state index contributed by atoms with van der Waals surface area (Å²) in [5.41, 5.74) is 3.89. The van der Waals surface area contributed by atoms with Crippen molar-refractivity contribution in [2.75, 3.05) is 37.3 Å². The van der Waals surface area contributed by atoms with Gasteiger partial charge in [-0.3, -0.25) is 4.98 Å². The van der Waals surface area contributed by atoms with Crippen molar-refractivity contribution in [1.29, 1.82) is 10.5 Å². The van der Waals surface area contributed by atoms with Crippen molar-refractivity contribution in [3.05, 3.63) is 54.0 Å². The van der Waals surface area contributed by atoms with Crippen molar-refractivity contribution in [3.63, 3.8) is 0 Å². The lowest BCUT2D eigenvalue weighted by atomic mass is 9.91. The monoisotopic (exact) mass is 479 g/mol. The first-order valence-corrected chi connectivity index (χ1v) is 12.4. The molecule has 7 heteroatoms. The van der Waals surface area contributed by atoms with Crippen LogP contribution in [0.2, 0.25) is 0 Å². The molecule has 0 saturated carbocycles. The number of hydrogen-bond acceptors (Lipinski definition) is 6. The number of nitrogens with one attached hydrogen (secondary N) is 2. The number of piperidine rings is 1. The van der Waals surface area contributed by atoms with E-state index >= 15 is 0 Å². The Morgan fingerprint density at radius 2 is 1.94 bits per heavy atom. The summed E-state index contributed by atoms with van der Waals surface area (Å²) in [6.45, 7) is 8.23. The molecule has 1 aromatic carbocycles. The van der Waals surface area contributed by atoms with Crippen molar-refractivity contribution in [3.8, 4) is 24.0 Å². The van der Waals surface area contributed by atoms with Crippen LogP contribution in [-0.4, -0.2) is 47.2 Å². The van der Waals surface area contributed by atoms with E-state index in [1.165, 1.54) is 0 Å². The van der Waals surface area contributed by atoms with Crippen LogP contribution in [-0.2, 0) is 5.41 Å². The molecule has 1 unspecified atom stereocenters. The van der Waals surface area contributed by atoms with Gasteiger partial charge in [-0.15, -0.1) is 0 Å². The molecule has 36 heavy (non-hydrogen) atoms. The summed E-state index contributed by atoms with van der Waals surface area (Å²) < 4.78 is 2.02. The number of nitriles is 2. The Balaban J connectivity index is 1.54. The molecule has 1 saturated heterocycles. The van der Waals surface area contributed by atoms with Gasteiger partial charge in [-0.05, 0) is 90.0 Å². The van der Waals surface area contributed by atoms with Gasteiger partial charge < -0.3 is 20.1 Å². The second-order valence-corrected chi connectivity index (χ2v) is 9.99. The second-order valence-electron chi connectivity index (χ2n) is 9.99. The van der Waals surface area contributed by atoms with Gasteiger partial charge in [0.1, 0.15) is 6.04 Å². The molecule has 7 nitrogen and oxygen atoms in total. The van der Waals surface area contributed by atoms with Crippen LogP contribution in [0.25, 0.3) is 10.9 Å². The molecule has 1 aliphatic rings. The Morgan fingerprint density at radius 3 is 2.61 bits per heavy atom. The number of fused-ring (bicyclic) bond motifs is 1. The standard InChI is InChI=1S/C29H33N7/c1-21(18-30)36-24(7-6-14-32-23-10-11-28(33-19-23)29(2,3)20-31)17-25-26(8-5-9-27(25)36)34-22-12-15-35(4)16-13-22/h5,8-11,17,19,21-22,32,34H,12-16H2,1-4H3. The van der Waals surface area contributed by atoms with E-state index in [-0.39, 0.29) is 6.04 Å². The molecular weight excluding hydrogens is 446 g/mol. The highest BCUT2D eigenvalue weighted by atomic mass is 15.1. The second kappa shape index (κ2) is 10.7. The van der Waals surface area contributed by atoms with E-state index in [0.717, 1.165) is 59.6 Å². The summed E-state index contributed by atoms with van der Waals surface area (Å²) in [6.07, 6.45) is 3.96. The van der Waals surface area contributed by atoms with Crippen LogP contribution in [0.1, 0.15) is 51.0 Å². The van der Waals surface area contributed by atoms with Crippen LogP contribution in [0, 0.1) is 34.5 Å². The minimum atomic E-state index is -0.621. The van der Waals surface area contributed by atoms with Gasteiger partial charge in [0.05, 0.1) is 52.9 Å². The van der Waals surface area contributed by atoms with Crippen LogP contribution in [0.4, 0.5) is 11.4 Å². The number of pyridine rings is 1. The number of rotatable bonds is 6. The Hall–Kier alpha value is -3.99. The number of benzene rings is 1. The fourth-order valence-electron chi connectivity index (χ4n) is 4.53. The number of hydrogen-bond donors (Lipinski definition) is 2. The van der Waals surface area contributed by atoms with Crippen LogP contribution in [0.15, 0.2) is 42.6 Å². The highest BCUT2D eigenvalue weighted by Crippen LogP contribution is 2.31. The van der Waals surface area contributed by atoms with Crippen LogP contribution >= 0.6 is 0 Å². The molecule has 0 spiro atoms. The predicted octanol–water partition coefficient (Wildman–Crippen LogP) is 4.89. The maximum Gasteiger partial charge on any atom is 0.119 e. The number of anilines is 2. The first-order chi connectivity index (χ1) is 17.3. The summed E-state index contributed by atoms with van der Waals surface area (Å²) in [5.74, 6) is 6.47. The van der Waals surface area contributed by atoms with Crippen molar-refractivity contribution >= 4 is 22.3 Å². The third-order valence-corrected chi connectivity index (χ3v) is 6.82. The van der Waals surface area contributed by atoms with E-state index < -0.39 is 5.41 Å². The molecule has 1 atom stereocenters. The maximum absolute atomic E-state index is 9.68. The van der Waals surface area contributed by atoms with Gasteiger partial charge in [0.15, 0.2) is 0 Å². The fraction of sp³-hybridized carbons (Fsp3) is 0.414. The quantitative estimate of drug-likeness (QED) is 0.489. The third kappa shape index (κ3) is 5.46. The topological polar surface area (TPSA) is 92.7 Å². The lowest BCUT2D eigenvalue weighted by Crippen LogP contribution is -2.36. The average molecular weight is 480 g/mol. The molecule has 0 amide bonds. The van der Waals surface area contributed by atoms with Crippen molar-refractivity contribution < 1.29 is 0 Å². The van der Waals surface area contributed by atoms with E-state index in [0.29, 0.717) is 12.6 Å². The molecule has 1 fully saturated rings. The van der Waals surface area contributed by atoms with Gasteiger partial charge in [-0.2, -0.15) is 10.5 Å². The summed E-state index contributed by atoms with van der Waals surface area (Å²) in [6, 6.07) is 16.8.